The summed E-state index contributed by atoms with van der Waals surface area (Å²) in [7, 11) is 0. The fourth-order valence-electron chi connectivity index (χ4n) is 4.81. The number of hydrogen-bond acceptors (Lipinski definition) is 3. The molecule has 1 saturated carbocycles. The lowest BCUT2D eigenvalue weighted by Crippen LogP contribution is -2.40. The summed E-state index contributed by atoms with van der Waals surface area (Å²) in [6.45, 7) is 5.95. The van der Waals surface area contributed by atoms with Crippen LogP contribution >= 0.6 is 0 Å². The summed E-state index contributed by atoms with van der Waals surface area (Å²) >= 11 is 0. The molecule has 4 rings (SSSR count). The zero-order valence-corrected chi connectivity index (χ0v) is 14.0. The summed E-state index contributed by atoms with van der Waals surface area (Å²) in [4.78, 5) is 6.84. The maximum absolute atomic E-state index is 4.24. The van der Waals surface area contributed by atoms with Crippen molar-refractivity contribution in [2.75, 3.05) is 26.2 Å². The topological polar surface area (TPSA) is 28.2 Å². The molecule has 2 heterocycles. The molecule has 3 aliphatic rings. The summed E-state index contributed by atoms with van der Waals surface area (Å²) < 4.78 is 0. The Labute approximate surface area is 140 Å². The molecule has 1 aromatic heterocycles. The van der Waals surface area contributed by atoms with Gasteiger partial charge in [0.1, 0.15) is 0 Å². The Kier molecular flexibility index (Phi) is 4.77. The van der Waals surface area contributed by atoms with E-state index in [2.05, 4.69) is 33.4 Å². The Morgan fingerprint density at radius 1 is 1.22 bits per heavy atom. The molecular formula is C20H29N3. The molecule has 1 N–H and O–H groups in total. The van der Waals surface area contributed by atoms with Crippen LogP contribution in [0, 0.1) is 23.7 Å². The van der Waals surface area contributed by atoms with Crippen molar-refractivity contribution in [3.8, 4) is 0 Å². The van der Waals surface area contributed by atoms with Crippen molar-refractivity contribution in [1.29, 1.82) is 0 Å². The van der Waals surface area contributed by atoms with Crippen molar-refractivity contribution in [3.63, 3.8) is 0 Å². The SMILES string of the molecule is C1=C[C@H]2C[C@H]1C[C@@H]2CNC[C@@H]1CCCN(Cc2cccnc2)C1. The van der Waals surface area contributed by atoms with Crippen LogP contribution in [-0.2, 0) is 6.54 Å². The van der Waals surface area contributed by atoms with E-state index in [9.17, 15) is 0 Å². The molecule has 0 spiro atoms. The maximum atomic E-state index is 4.24. The van der Waals surface area contributed by atoms with E-state index in [0.717, 1.165) is 30.2 Å². The highest BCUT2D eigenvalue weighted by Crippen LogP contribution is 2.42. The van der Waals surface area contributed by atoms with Gasteiger partial charge in [-0.05, 0) is 80.6 Å². The molecule has 1 aromatic rings. The summed E-state index contributed by atoms with van der Waals surface area (Å²) in [5.74, 6) is 3.49. The summed E-state index contributed by atoms with van der Waals surface area (Å²) in [6.07, 6.45) is 14.3. The zero-order valence-electron chi connectivity index (χ0n) is 14.0. The molecule has 3 heteroatoms. The van der Waals surface area contributed by atoms with Crippen molar-refractivity contribution in [2.45, 2.75) is 32.2 Å². The number of rotatable bonds is 6. The van der Waals surface area contributed by atoms with E-state index in [1.54, 1.807) is 0 Å². The largest absolute Gasteiger partial charge is 0.316 e. The number of aromatic nitrogens is 1. The Morgan fingerprint density at radius 2 is 2.22 bits per heavy atom. The monoisotopic (exact) mass is 311 g/mol. The van der Waals surface area contributed by atoms with E-state index in [4.69, 9.17) is 0 Å². The predicted octanol–water partition coefficient (Wildman–Crippen LogP) is 3.10. The lowest BCUT2D eigenvalue weighted by Gasteiger charge is -2.33. The Morgan fingerprint density at radius 3 is 3.00 bits per heavy atom. The molecule has 124 valence electrons. The van der Waals surface area contributed by atoms with Crippen LogP contribution < -0.4 is 5.32 Å². The third kappa shape index (κ3) is 3.84. The molecule has 0 unspecified atom stereocenters. The minimum atomic E-state index is 0.814. The molecule has 4 atom stereocenters. The number of pyridine rings is 1. The Bertz CT molecular complexity index is 527. The molecule has 0 aromatic carbocycles. The number of fused-ring (bicyclic) bond motifs is 2. The van der Waals surface area contributed by atoms with Crippen molar-refractivity contribution in [2.24, 2.45) is 23.7 Å². The highest BCUT2D eigenvalue weighted by Gasteiger charge is 2.35. The van der Waals surface area contributed by atoms with Gasteiger partial charge in [-0.15, -0.1) is 0 Å². The number of likely N-dealkylation sites (tertiary alicyclic amines) is 1. The first-order valence-electron chi connectivity index (χ1n) is 9.37. The van der Waals surface area contributed by atoms with Gasteiger partial charge in [0.25, 0.3) is 0 Å². The van der Waals surface area contributed by atoms with Crippen LogP contribution in [0.4, 0.5) is 0 Å². The predicted molar refractivity (Wildman–Crippen MR) is 94.0 cm³/mol. The number of allylic oxidation sites excluding steroid dienone is 2. The van der Waals surface area contributed by atoms with Gasteiger partial charge in [-0.25, -0.2) is 0 Å². The fraction of sp³-hybridized carbons (Fsp3) is 0.650. The van der Waals surface area contributed by atoms with Crippen molar-refractivity contribution in [1.82, 2.24) is 15.2 Å². The fourth-order valence-corrected chi connectivity index (χ4v) is 4.81. The van der Waals surface area contributed by atoms with Gasteiger partial charge in [-0.3, -0.25) is 9.88 Å². The van der Waals surface area contributed by atoms with Crippen molar-refractivity contribution >= 4 is 0 Å². The second-order valence-electron chi connectivity index (χ2n) is 7.80. The molecule has 2 bridgehead atoms. The quantitative estimate of drug-likeness (QED) is 0.818. The van der Waals surface area contributed by atoms with Crippen LogP contribution in [-0.4, -0.2) is 36.1 Å². The van der Waals surface area contributed by atoms with Gasteiger partial charge < -0.3 is 5.32 Å². The highest BCUT2D eigenvalue weighted by atomic mass is 15.1. The molecule has 3 nitrogen and oxygen atoms in total. The number of hydrogen-bond donors (Lipinski definition) is 1. The normalized spacial score (nSPS) is 33.4. The molecule has 2 aliphatic carbocycles. The van der Waals surface area contributed by atoms with Gasteiger partial charge in [0.15, 0.2) is 0 Å². The standard InChI is InChI=1S/C20H29N3/c1-3-17(11-21-7-1)14-23-8-2-4-18(15-23)12-22-13-20-10-16-5-6-19(20)9-16/h1,3,5-7,11,16,18-20,22H,2,4,8-10,12-15H2/t16-,18-,19-,20+/m0/s1. The van der Waals surface area contributed by atoms with E-state index in [1.807, 2.05) is 18.5 Å². The van der Waals surface area contributed by atoms with Crippen molar-refractivity contribution in [3.05, 3.63) is 42.2 Å². The highest BCUT2D eigenvalue weighted by molar-refractivity contribution is 5.10. The average Bonchev–Trinajstić information content (AvgIpc) is 3.19. The molecular weight excluding hydrogens is 282 g/mol. The lowest BCUT2D eigenvalue weighted by molar-refractivity contribution is 0.164. The number of nitrogens with zero attached hydrogens (tertiary/aromatic N) is 2. The molecule has 2 fully saturated rings. The third-order valence-electron chi connectivity index (χ3n) is 5.99. The summed E-state index contributed by atoms with van der Waals surface area (Å²) in [6, 6.07) is 4.24. The van der Waals surface area contributed by atoms with Crippen LogP contribution in [0.5, 0.6) is 0 Å². The first-order chi connectivity index (χ1) is 11.4. The maximum Gasteiger partial charge on any atom is 0.0312 e. The summed E-state index contributed by atoms with van der Waals surface area (Å²) in [5, 5.41) is 3.79. The molecule has 1 aliphatic heterocycles. The van der Waals surface area contributed by atoms with Crippen LogP contribution in [0.1, 0.15) is 31.2 Å². The van der Waals surface area contributed by atoms with Crippen LogP contribution in [0.25, 0.3) is 0 Å². The van der Waals surface area contributed by atoms with E-state index < -0.39 is 0 Å². The summed E-state index contributed by atoms with van der Waals surface area (Å²) in [5.41, 5.74) is 1.34. The first kappa shape index (κ1) is 15.3. The van der Waals surface area contributed by atoms with Gasteiger partial charge in [0.05, 0.1) is 0 Å². The first-order valence-corrected chi connectivity index (χ1v) is 9.37. The van der Waals surface area contributed by atoms with Gasteiger partial charge in [-0.1, -0.05) is 18.2 Å². The van der Waals surface area contributed by atoms with Crippen molar-refractivity contribution < 1.29 is 0 Å². The average molecular weight is 311 g/mol. The van der Waals surface area contributed by atoms with Crippen LogP contribution in [0.3, 0.4) is 0 Å². The lowest BCUT2D eigenvalue weighted by atomic mass is 9.93. The smallest absolute Gasteiger partial charge is 0.0312 e. The van der Waals surface area contributed by atoms with Crippen LogP contribution in [0.15, 0.2) is 36.7 Å². The van der Waals surface area contributed by atoms with E-state index in [-0.39, 0.29) is 0 Å². The number of nitrogens with one attached hydrogen (secondary N) is 1. The zero-order chi connectivity index (χ0) is 15.5. The molecule has 1 saturated heterocycles. The Hall–Kier alpha value is -1.19. The Balaban J connectivity index is 1.20. The second kappa shape index (κ2) is 7.14. The van der Waals surface area contributed by atoms with Gasteiger partial charge >= 0.3 is 0 Å². The van der Waals surface area contributed by atoms with Crippen LogP contribution in [0.2, 0.25) is 0 Å². The minimum Gasteiger partial charge on any atom is -0.316 e. The second-order valence-corrected chi connectivity index (χ2v) is 7.80. The van der Waals surface area contributed by atoms with Gasteiger partial charge in [-0.2, -0.15) is 0 Å². The molecule has 0 amide bonds. The minimum absolute atomic E-state index is 0.814. The van der Waals surface area contributed by atoms with Gasteiger partial charge in [0, 0.05) is 25.5 Å². The number of piperidine rings is 1. The van der Waals surface area contributed by atoms with E-state index in [1.165, 1.54) is 57.4 Å². The molecule has 23 heavy (non-hydrogen) atoms. The van der Waals surface area contributed by atoms with Gasteiger partial charge in [0.2, 0.25) is 0 Å². The third-order valence-corrected chi connectivity index (χ3v) is 5.99. The van der Waals surface area contributed by atoms with E-state index in [0.29, 0.717) is 0 Å². The van der Waals surface area contributed by atoms with E-state index >= 15 is 0 Å². The molecule has 0 radical (unpaired) electrons.